The van der Waals surface area contributed by atoms with Crippen molar-refractivity contribution in [1.29, 1.82) is 0 Å². The summed E-state index contributed by atoms with van der Waals surface area (Å²) >= 11 is 0. The minimum atomic E-state index is 1.09. The van der Waals surface area contributed by atoms with E-state index in [1.807, 2.05) is 0 Å². The van der Waals surface area contributed by atoms with E-state index in [4.69, 9.17) is 0 Å². The lowest BCUT2D eigenvalue weighted by Gasteiger charge is -2.37. The standard InChI is InChI=1S/C15H25N3/c1-3-9-16-18-12-10-17(11-13-18)15-8-6-5-7-14(15)4-2/h5-8,16H,3-4,9-13H2,1-2H3. The molecule has 1 fully saturated rings. The molecule has 0 unspecified atom stereocenters. The molecule has 0 atom stereocenters. The maximum Gasteiger partial charge on any atom is 0.0399 e. The van der Waals surface area contributed by atoms with E-state index in [-0.39, 0.29) is 0 Å². The summed E-state index contributed by atoms with van der Waals surface area (Å²) in [4.78, 5) is 2.52. The number of benzene rings is 1. The first-order valence-corrected chi connectivity index (χ1v) is 7.16. The minimum absolute atomic E-state index is 1.09. The van der Waals surface area contributed by atoms with E-state index in [0.29, 0.717) is 0 Å². The lowest BCUT2D eigenvalue weighted by molar-refractivity contribution is 0.177. The normalized spacial score (nSPS) is 17.1. The van der Waals surface area contributed by atoms with Crippen LogP contribution in [-0.4, -0.2) is 37.7 Å². The molecule has 1 aromatic rings. The van der Waals surface area contributed by atoms with Crippen LogP contribution in [0.3, 0.4) is 0 Å². The van der Waals surface area contributed by atoms with Crippen LogP contribution in [0.25, 0.3) is 0 Å². The summed E-state index contributed by atoms with van der Waals surface area (Å²) in [6, 6.07) is 8.79. The van der Waals surface area contributed by atoms with Gasteiger partial charge < -0.3 is 4.90 Å². The maximum absolute atomic E-state index is 3.48. The molecule has 0 radical (unpaired) electrons. The molecule has 0 aliphatic carbocycles. The highest BCUT2D eigenvalue weighted by Crippen LogP contribution is 2.21. The van der Waals surface area contributed by atoms with Crippen LogP contribution in [-0.2, 0) is 6.42 Å². The summed E-state index contributed by atoms with van der Waals surface area (Å²) in [6.07, 6.45) is 2.31. The van der Waals surface area contributed by atoms with Crippen molar-refractivity contribution in [2.24, 2.45) is 0 Å². The molecular weight excluding hydrogens is 222 g/mol. The summed E-state index contributed by atoms with van der Waals surface area (Å²) < 4.78 is 0. The van der Waals surface area contributed by atoms with Gasteiger partial charge in [-0.2, -0.15) is 0 Å². The van der Waals surface area contributed by atoms with E-state index in [9.17, 15) is 0 Å². The number of aryl methyl sites for hydroxylation is 1. The van der Waals surface area contributed by atoms with Gasteiger partial charge in [-0.25, -0.2) is 5.01 Å². The van der Waals surface area contributed by atoms with Gasteiger partial charge in [0.05, 0.1) is 0 Å². The number of nitrogens with zero attached hydrogens (tertiary/aromatic N) is 2. The number of hydrogen-bond acceptors (Lipinski definition) is 3. The molecule has 18 heavy (non-hydrogen) atoms. The molecule has 3 nitrogen and oxygen atoms in total. The highest BCUT2D eigenvalue weighted by molar-refractivity contribution is 5.54. The first-order chi connectivity index (χ1) is 8.85. The lowest BCUT2D eigenvalue weighted by Crippen LogP contribution is -2.52. The monoisotopic (exact) mass is 247 g/mol. The van der Waals surface area contributed by atoms with Gasteiger partial charge in [-0.1, -0.05) is 32.0 Å². The predicted molar refractivity (Wildman–Crippen MR) is 77.9 cm³/mol. The molecule has 3 heteroatoms. The molecule has 1 N–H and O–H groups in total. The Bertz CT molecular complexity index is 357. The number of anilines is 1. The van der Waals surface area contributed by atoms with Crippen LogP contribution in [0.2, 0.25) is 0 Å². The average Bonchev–Trinajstić information content (AvgIpc) is 2.45. The zero-order chi connectivity index (χ0) is 12.8. The van der Waals surface area contributed by atoms with E-state index in [2.05, 4.69) is 53.4 Å². The minimum Gasteiger partial charge on any atom is -0.369 e. The number of piperazine rings is 1. The van der Waals surface area contributed by atoms with Crippen molar-refractivity contribution in [2.45, 2.75) is 26.7 Å². The summed E-state index contributed by atoms with van der Waals surface area (Å²) in [5, 5.41) is 2.36. The van der Waals surface area contributed by atoms with Crippen LogP contribution < -0.4 is 10.3 Å². The van der Waals surface area contributed by atoms with Gasteiger partial charge in [0.2, 0.25) is 0 Å². The molecule has 1 aliphatic heterocycles. The van der Waals surface area contributed by atoms with Gasteiger partial charge in [-0.3, -0.25) is 5.43 Å². The fourth-order valence-electron chi connectivity index (χ4n) is 2.49. The third kappa shape index (κ3) is 3.24. The fraction of sp³-hybridized carbons (Fsp3) is 0.600. The van der Waals surface area contributed by atoms with Crippen molar-refractivity contribution in [1.82, 2.24) is 10.4 Å². The Hall–Kier alpha value is -1.06. The smallest absolute Gasteiger partial charge is 0.0399 e. The summed E-state index contributed by atoms with van der Waals surface area (Å²) in [7, 11) is 0. The van der Waals surface area contributed by atoms with Gasteiger partial charge in [0, 0.05) is 38.4 Å². The molecule has 0 saturated carbocycles. The summed E-state index contributed by atoms with van der Waals surface area (Å²) in [6.45, 7) is 9.99. The molecule has 1 saturated heterocycles. The van der Waals surface area contributed by atoms with Crippen molar-refractivity contribution >= 4 is 5.69 Å². The lowest BCUT2D eigenvalue weighted by atomic mass is 10.1. The van der Waals surface area contributed by atoms with Gasteiger partial charge >= 0.3 is 0 Å². The van der Waals surface area contributed by atoms with Crippen LogP contribution in [0.5, 0.6) is 0 Å². The zero-order valence-corrected chi connectivity index (χ0v) is 11.7. The van der Waals surface area contributed by atoms with Crippen LogP contribution in [0, 0.1) is 0 Å². The van der Waals surface area contributed by atoms with Gasteiger partial charge in [0.25, 0.3) is 0 Å². The first-order valence-electron chi connectivity index (χ1n) is 7.16. The van der Waals surface area contributed by atoms with Crippen LogP contribution in [0.1, 0.15) is 25.8 Å². The number of hydrogen-bond donors (Lipinski definition) is 1. The van der Waals surface area contributed by atoms with E-state index < -0.39 is 0 Å². The second-order valence-corrected chi connectivity index (χ2v) is 4.86. The highest BCUT2D eigenvalue weighted by atomic mass is 15.5. The Morgan fingerprint density at radius 1 is 1.06 bits per heavy atom. The average molecular weight is 247 g/mol. The SMILES string of the molecule is CCCNN1CCN(c2ccccc2CC)CC1. The highest BCUT2D eigenvalue weighted by Gasteiger charge is 2.17. The third-order valence-corrected chi connectivity index (χ3v) is 3.58. The Morgan fingerprint density at radius 2 is 1.78 bits per heavy atom. The summed E-state index contributed by atoms with van der Waals surface area (Å²) in [5.41, 5.74) is 6.37. The van der Waals surface area contributed by atoms with Gasteiger partial charge in [-0.05, 0) is 24.5 Å². The van der Waals surface area contributed by atoms with Crippen LogP contribution >= 0.6 is 0 Å². The molecule has 0 amide bonds. The van der Waals surface area contributed by atoms with E-state index >= 15 is 0 Å². The number of rotatable bonds is 5. The molecule has 1 heterocycles. The Labute approximate surface area is 111 Å². The van der Waals surface area contributed by atoms with Crippen molar-refractivity contribution in [3.63, 3.8) is 0 Å². The fourth-order valence-corrected chi connectivity index (χ4v) is 2.49. The van der Waals surface area contributed by atoms with Crippen molar-refractivity contribution in [2.75, 3.05) is 37.6 Å². The largest absolute Gasteiger partial charge is 0.369 e. The maximum atomic E-state index is 3.48. The van der Waals surface area contributed by atoms with Crippen LogP contribution in [0.4, 0.5) is 5.69 Å². The van der Waals surface area contributed by atoms with E-state index in [1.165, 1.54) is 17.7 Å². The van der Waals surface area contributed by atoms with Crippen molar-refractivity contribution in [3.05, 3.63) is 29.8 Å². The molecule has 0 spiro atoms. The zero-order valence-electron chi connectivity index (χ0n) is 11.7. The first kappa shape index (κ1) is 13.4. The Balaban J connectivity index is 1.92. The van der Waals surface area contributed by atoms with Crippen LogP contribution in [0.15, 0.2) is 24.3 Å². The molecule has 0 aromatic heterocycles. The van der Waals surface area contributed by atoms with Crippen molar-refractivity contribution < 1.29 is 0 Å². The second-order valence-electron chi connectivity index (χ2n) is 4.86. The van der Waals surface area contributed by atoms with Gasteiger partial charge in [0.15, 0.2) is 0 Å². The number of para-hydroxylation sites is 1. The van der Waals surface area contributed by atoms with Crippen molar-refractivity contribution in [3.8, 4) is 0 Å². The number of nitrogens with one attached hydrogen (secondary N) is 1. The molecule has 1 aromatic carbocycles. The quantitative estimate of drug-likeness (QED) is 0.861. The molecule has 2 rings (SSSR count). The van der Waals surface area contributed by atoms with E-state index in [1.54, 1.807) is 0 Å². The molecule has 100 valence electrons. The molecule has 1 aliphatic rings. The summed E-state index contributed by atoms with van der Waals surface area (Å²) in [5.74, 6) is 0. The van der Waals surface area contributed by atoms with E-state index in [0.717, 1.165) is 39.1 Å². The third-order valence-electron chi connectivity index (χ3n) is 3.58. The molecule has 0 bridgehead atoms. The Kier molecular flexibility index (Phi) is 5.02. The van der Waals surface area contributed by atoms with Gasteiger partial charge in [0.1, 0.15) is 0 Å². The predicted octanol–water partition coefficient (Wildman–Crippen LogP) is 2.29. The number of hydrazine groups is 1. The Morgan fingerprint density at radius 3 is 2.44 bits per heavy atom. The molecular formula is C15H25N3. The van der Waals surface area contributed by atoms with Gasteiger partial charge in [-0.15, -0.1) is 0 Å². The topological polar surface area (TPSA) is 18.5 Å². The second kappa shape index (κ2) is 6.76.